The molecule has 0 saturated carbocycles. The first-order valence-corrected chi connectivity index (χ1v) is 6.66. The van der Waals surface area contributed by atoms with Gasteiger partial charge in [0.2, 0.25) is 5.89 Å². The van der Waals surface area contributed by atoms with Gasteiger partial charge in [-0.3, -0.25) is 10.1 Å². The van der Waals surface area contributed by atoms with Crippen molar-refractivity contribution >= 4 is 5.97 Å². The molecular formula is C13H23N3O3. The van der Waals surface area contributed by atoms with Crippen LogP contribution >= 0.6 is 0 Å². The van der Waals surface area contributed by atoms with Crippen molar-refractivity contribution in [1.29, 1.82) is 0 Å². The van der Waals surface area contributed by atoms with Crippen molar-refractivity contribution in [2.45, 2.75) is 53.1 Å². The number of carbonyl (C=O) groups is 1. The Bertz CT molecular complexity index is 402. The summed E-state index contributed by atoms with van der Waals surface area (Å²) in [5.74, 6) is 1.03. The third-order valence-corrected chi connectivity index (χ3v) is 2.60. The minimum absolute atomic E-state index is 0.311. The van der Waals surface area contributed by atoms with E-state index in [0.717, 1.165) is 6.42 Å². The molecule has 0 amide bonds. The van der Waals surface area contributed by atoms with Crippen LogP contribution < -0.4 is 5.32 Å². The third-order valence-electron chi connectivity index (χ3n) is 2.60. The smallest absolute Gasteiger partial charge is 0.320 e. The Labute approximate surface area is 113 Å². The summed E-state index contributed by atoms with van der Waals surface area (Å²) < 4.78 is 5.10. The Morgan fingerprint density at radius 2 is 2.00 bits per heavy atom. The normalized spacial score (nSPS) is 13.2. The zero-order valence-corrected chi connectivity index (χ0v) is 12.0. The maximum atomic E-state index is 11.1. The van der Waals surface area contributed by atoms with Crippen LogP contribution in [0.25, 0.3) is 0 Å². The summed E-state index contributed by atoms with van der Waals surface area (Å²) in [5.41, 5.74) is 0. The van der Waals surface area contributed by atoms with Gasteiger partial charge in [-0.05, 0) is 18.3 Å². The number of rotatable bonds is 8. The van der Waals surface area contributed by atoms with Gasteiger partial charge in [-0.2, -0.15) is 4.98 Å². The molecule has 108 valence electrons. The second-order valence-electron chi connectivity index (χ2n) is 5.60. The van der Waals surface area contributed by atoms with Crippen molar-refractivity contribution in [1.82, 2.24) is 15.5 Å². The summed E-state index contributed by atoms with van der Waals surface area (Å²) in [6, 6.07) is -0.577. The van der Waals surface area contributed by atoms with Gasteiger partial charge in [0.1, 0.15) is 6.04 Å². The first-order valence-electron chi connectivity index (χ1n) is 6.66. The van der Waals surface area contributed by atoms with Crippen molar-refractivity contribution in [3.63, 3.8) is 0 Å². The van der Waals surface area contributed by atoms with E-state index in [1.165, 1.54) is 0 Å². The minimum Gasteiger partial charge on any atom is -0.480 e. The van der Waals surface area contributed by atoms with E-state index < -0.39 is 12.0 Å². The summed E-state index contributed by atoms with van der Waals surface area (Å²) in [4.78, 5) is 15.3. The van der Waals surface area contributed by atoms with Gasteiger partial charge >= 0.3 is 5.97 Å². The summed E-state index contributed by atoms with van der Waals surface area (Å²) in [6.07, 6.45) is 1.31. The monoisotopic (exact) mass is 269 g/mol. The lowest BCUT2D eigenvalue weighted by molar-refractivity contribution is -0.140. The van der Waals surface area contributed by atoms with E-state index >= 15 is 0 Å². The molecule has 2 N–H and O–H groups in total. The highest BCUT2D eigenvalue weighted by Crippen LogP contribution is 2.08. The molecule has 1 rings (SSSR count). The van der Waals surface area contributed by atoms with E-state index in [9.17, 15) is 4.79 Å². The topological polar surface area (TPSA) is 88.2 Å². The number of nitrogens with one attached hydrogen (secondary N) is 1. The number of aliphatic carboxylic acids is 1. The van der Waals surface area contributed by atoms with Crippen molar-refractivity contribution in [2.24, 2.45) is 11.8 Å². The van der Waals surface area contributed by atoms with E-state index in [1.807, 2.05) is 13.8 Å². The lowest BCUT2D eigenvalue weighted by Gasteiger charge is -2.15. The van der Waals surface area contributed by atoms with Crippen LogP contribution in [-0.4, -0.2) is 27.3 Å². The predicted molar refractivity (Wildman–Crippen MR) is 70.6 cm³/mol. The molecule has 1 aromatic rings. The molecule has 1 unspecified atom stereocenters. The highest BCUT2D eigenvalue weighted by Gasteiger charge is 2.19. The van der Waals surface area contributed by atoms with Crippen LogP contribution in [0.2, 0.25) is 0 Å². The highest BCUT2D eigenvalue weighted by atomic mass is 16.5. The fourth-order valence-corrected chi connectivity index (χ4v) is 1.75. The zero-order chi connectivity index (χ0) is 14.4. The maximum absolute atomic E-state index is 11.1. The Kier molecular flexibility index (Phi) is 5.95. The van der Waals surface area contributed by atoms with Gasteiger partial charge in [0.05, 0.1) is 6.54 Å². The van der Waals surface area contributed by atoms with Crippen molar-refractivity contribution < 1.29 is 14.4 Å². The molecule has 1 atom stereocenters. The Hall–Kier alpha value is -1.43. The molecule has 1 heterocycles. The fourth-order valence-electron chi connectivity index (χ4n) is 1.75. The SMILES string of the molecule is CC(C)Cc1nc(CNC(CC(C)C)C(=O)O)no1. The van der Waals surface area contributed by atoms with Crippen LogP contribution in [0, 0.1) is 11.8 Å². The molecule has 0 aliphatic rings. The molecule has 19 heavy (non-hydrogen) atoms. The number of carboxylic acids is 1. The summed E-state index contributed by atoms with van der Waals surface area (Å²) >= 11 is 0. The van der Waals surface area contributed by atoms with Gasteiger partial charge in [-0.25, -0.2) is 0 Å². The quantitative estimate of drug-likeness (QED) is 0.749. The van der Waals surface area contributed by atoms with Crippen LogP contribution in [0.1, 0.15) is 45.8 Å². The number of carboxylic acid groups (broad SMARTS) is 1. The number of hydrogen-bond donors (Lipinski definition) is 2. The molecule has 0 spiro atoms. The van der Waals surface area contributed by atoms with Crippen molar-refractivity contribution in [3.05, 3.63) is 11.7 Å². The number of nitrogens with zero attached hydrogens (tertiary/aromatic N) is 2. The van der Waals surface area contributed by atoms with Gasteiger partial charge in [-0.15, -0.1) is 0 Å². The Morgan fingerprint density at radius 1 is 1.32 bits per heavy atom. The summed E-state index contributed by atoms with van der Waals surface area (Å²) in [6.45, 7) is 8.45. The lowest BCUT2D eigenvalue weighted by Crippen LogP contribution is -2.37. The van der Waals surface area contributed by atoms with Gasteiger partial charge in [0.25, 0.3) is 0 Å². The maximum Gasteiger partial charge on any atom is 0.320 e. The van der Waals surface area contributed by atoms with Crippen molar-refractivity contribution in [3.8, 4) is 0 Å². The second kappa shape index (κ2) is 7.23. The molecule has 0 bridgehead atoms. The van der Waals surface area contributed by atoms with Crippen LogP contribution in [-0.2, 0) is 17.8 Å². The third kappa shape index (κ3) is 5.83. The van der Waals surface area contributed by atoms with Crippen LogP contribution in [0.4, 0.5) is 0 Å². The largest absolute Gasteiger partial charge is 0.480 e. The van der Waals surface area contributed by atoms with E-state index in [0.29, 0.717) is 36.5 Å². The Morgan fingerprint density at radius 3 is 2.53 bits per heavy atom. The zero-order valence-electron chi connectivity index (χ0n) is 12.0. The van der Waals surface area contributed by atoms with E-state index in [2.05, 4.69) is 29.3 Å². The van der Waals surface area contributed by atoms with E-state index in [4.69, 9.17) is 9.63 Å². The standard InChI is InChI=1S/C13H23N3O3/c1-8(2)5-10(13(17)18)14-7-11-15-12(19-16-11)6-9(3)4/h8-10,14H,5-7H2,1-4H3,(H,17,18). The molecule has 0 saturated heterocycles. The molecular weight excluding hydrogens is 246 g/mol. The van der Waals surface area contributed by atoms with Crippen LogP contribution in [0.3, 0.4) is 0 Å². The first-order chi connectivity index (χ1) is 8.88. The molecule has 0 radical (unpaired) electrons. The number of aromatic nitrogens is 2. The van der Waals surface area contributed by atoms with Crippen LogP contribution in [0.5, 0.6) is 0 Å². The molecule has 0 aliphatic carbocycles. The van der Waals surface area contributed by atoms with E-state index in [-0.39, 0.29) is 0 Å². The summed E-state index contributed by atoms with van der Waals surface area (Å²) in [7, 11) is 0. The van der Waals surface area contributed by atoms with Crippen LogP contribution in [0.15, 0.2) is 4.52 Å². The highest BCUT2D eigenvalue weighted by molar-refractivity contribution is 5.73. The van der Waals surface area contributed by atoms with Gasteiger partial charge in [0.15, 0.2) is 5.82 Å². The summed E-state index contributed by atoms with van der Waals surface area (Å²) in [5, 5.41) is 15.9. The second-order valence-corrected chi connectivity index (χ2v) is 5.60. The fraction of sp³-hybridized carbons (Fsp3) is 0.769. The number of hydrogen-bond acceptors (Lipinski definition) is 5. The molecule has 6 heteroatoms. The predicted octanol–water partition coefficient (Wildman–Crippen LogP) is 1.86. The molecule has 0 aromatic carbocycles. The Balaban J connectivity index is 2.49. The van der Waals surface area contributed by atoms with Crippen molar-refractivity contribution in [2.75, 3.05) is 0 Å². The molecule has 0 fully saturated rings. The van der Waals surface area contributed by atoms with E-state index in [1.54, 1.807) is 0 Å². The first kappa shape index (κ1) is 15.6. The molecule has 0 aliphatic heterocycles. The molecule has 6 nitrogen and oxygen atoms in total. The molecule has 1 aromatic heterocycles. The minimum atomic E-state index is -0.848. The van der Waals surface area contributed by atoms with Gasteiger partial charge in [-0.1, -0.05) is 32.9 Å². The lowest BCUT2D eigenvalue weighted by atomic mass is 10.0. The van der Waals surface area contributed by atoms with Gasteiger partial charge < -0.3 is 9.63 Å². The average Bonchev–Trinajstić information content (AvgIpc) is 2.70. The van der Waals surface area contributed by atoms with Gasteiger partial charge in [0, 0.05) is 6.42 Å². The average molecular weight is 269 g/mol.